The van der Waals surface area contributed by atoms with E-state index >= 15 is 0 Å². The number of nitrogens with two attached hydrogens (primary N) is 1. The third kappa shape index (κ3) is 2.57. The lowest BCUT2D eigenvalue weighted by Crippen LogP contribution is -2.41. The van der Waals surface area contributed by atoms with Crippen LogP contribution in [0, 0.1) is 6.92 Å². The summed E-state index contributed by atoms with van der Waals surface area (Å²) in [5.41, 5.74) is 6.48. The lowest BCUT2D eigenvalue weighted by atomic mass is 9.93. The SMILES string of the molecule is COc1ccc(C(=O)C(C)(C)N)cc1C. The maximum Gasteiger partial charge on any atom is 0.182 e. The molecule has 0 spiro atoms. The Morgan fingerprint density at radius 1 is 1.40 bits per heavy atom. The molecule has 0 aliphatic carbocycles. The van der Waals surface area contributed by atoms with Crippen LogP contribution in [0.5, 0.6) is 5.75 Å². The topological polar surface area (TPSA) is 52.3 Å². The van der Waals surface area contributed by atoms with E-state index in [1.165, 1.54) is 0 Å². The molecule has 0 aliphatic rings. The fraction of sp³-hybridized carbons (Fsp3) is 0.417. The van der Waals surface area contributed by atoms with Gasteiger partial charge in [-0.15, -0.1) is 0 Å². The van der Waals surface area contributed by atoms with E-state index in [0.717, 1.165) is 11.3 Å². The first-order valence-electron chi connectivity index (χ1n) is 4.84. The van der Waals surface area contributed by atoms with Crippen molar-refractivity contribution in [3.63, 3.8) is 0 Å². The molecule has 0 atom stereocenters. The molecule has 1 aromatic rings. The third-order valence-electron chi connectivity index (χ3n) is 2.24. The number of carbonyl (C=O) groups is 1. The van der Waals surface area contributed by atoms with Crippen LogP contribution >= 0.6 is 0 Å². The Morgan fingerprint density at radius 3 is 2.40 bits per heavy atom. The van der Waals surface area contributed by atoms with Crippen molar-refractivity contribution in [1.82, 2.24) is 0 Å². The third-order valence-corrected chi connectivity index (χ3v) is 2.24. The van der Waals surface area contributed by atoms with Crippen molar-refractivity contribution in [2.24, 2.45) is 5.73 Å². The summed E-state index contributed by atoms with van der Waals surface area (Å²) < 4.78 is 5.12. The smallest absolute Gasteiger partial charge is 0.182 e. The molecule has 0 bridgehead atoms. The number of Topliss-reactive ketones (excluding diaryl/α,β-unsaturated/α-hetero) is 1. The van der Waals surface area contributed by atoms with Gasteiger partial charge in [0.2, 0.25) is 0 Å². The highest BCUT2D eigenvalue weighted by Gasteiger charge is 2.23. The van der Waals surface area contributed by atoms with Gasteiger partial charge in [-0.1, -0.05) is 0 Å². The number of hydrogen-bond donors (Lipinski definition) is 1. The van der Waals surface area contributed by atoms with Crippen molar-refractivity contribution in [2.45, 2.75) is 26.3 Å². The highest BCUT2D eigenvalue weighted by atomic mass is 16.5. The highest BCUT2D eigenvalue weighted by molar-refractivity contribution is 6.02. The van der Waals surface area contributed by atoms with Crippen LogP contribution in [0.1, 0.15) is 29.8 Å². The molecule has 15 heavy (non-hydrogen) atoms. The van der Waals surface area contributed by atoms with Crippen LogP contribution in [0.3, 0.4) is 0 Å². The summed E-state index contributed by atoms with van der Waals surface area (Å²) >= 11 is 0. The van der Waals surface area contributed by atoms with E-state index < -0.39 is 5.54 Å². The second-order valence-electron chi connectivity index (χ2n) is 4.24. The number of rotatable bonds is 3. The fourth-order valence-electron chi connectivity index (χ4n) is 1.39. The quantitative estimate of drug-likeness (QED) is 0.770. The van der Waals surface area contributed by atoms with Gasteiger partial charge in [0.25, 0.3) is 0 Å². The van der Waals surface area contributed by atoms with E-state index in [1.807, 2.05) is 6.92 Å². The van der Waals surface area contributed by atoms with Crippen molar-refractivity contribution in [3.8, 4) is 5.75 Å². The van der Waals surface area contributed by atoms with Gasteiger partial charge in [-0.3, -0.25) is 4.79 Å². The lowest BCUT2D eigenvalue weighted by molar-refractivity contribution is 0.0913. The van der Waals surface area contributed by atoms with Gasteiger partial charge in [0.05, 0.1) is 12.6 Å². The van der Waals surface area contributed by atoms with Crippen LogP contribution in [-0.2, 0) is 0 Å². The summed E-state index contributed by atoms with van der Waals surface area (Å²) in [4.78, 5) is 11.9. The molecule has 0 saturated carbocycles. The largest absolute Gasteiger partial charge is 0.496 e. The van der Waals surface area contributed by atoms with Crippen LogP contribution in [0.4, 0.5) is 0 Å². The molecule has 1 aromatic carbocycles. The molecule has 3 heteroatoms. The van der Waals surface area contributed by atoms with E-state index in [0.29, 0.717) is 5.56 Å². The zero-order valence-corrected chi connectivity index (χ0v) is 9.63. The minimum absolute atomic E-state index is 0.0618. The second kappa shape index (κ2) is 4.03. The first kappa shape index (κ1) is 11.7. The lowest BCUT2D eigenvalue weighted by Gasteiger charge is -2.17. The average Bonchev–Trinajstić information content (AvgIpc) is 2.15. The molecule has 82 valence electrons. The molecule has 0 heterocycles. The van der Waals surface area contributed by atoms with E-state index in [9.17, 15) is 4.79 Å². The summed E-state index contributed by atoms with van der Waals surface area (Å²) in [6.45, 7) is 5.31. The summed E-state index contributed by atoms with van der Waals surface area (Å²) in [7, 11) is 1.61. The number of aryl methyl sites for hydroxylation is 1. The van der Waals surface area contributed by atoms with Gasteiger partial charge in [-0.25, -0.2) is 0 Å². The van der Waals surface area contributed by atoms with E-state index in [1.54, 1.807) is 39.2 Å². The average molecular weight is 207 g/mol. The molecule has 0 amide bonds. The summed E-state index contributed by atoms with van der Waals surface area (Å²) in [6, 6.07) is 5.33. The minimum Gasteiger partial charge on any atom is -0.496 e. The summed E-state index contributed by atoms with van der Waals surface area (Å²) in [6.07, 6.45) is 0. The van der Waals surface area contributed by atoms with E-state index in [2.05, 4.69) is 0 Å². The van der Waals surface area contributed by atoms with Crippen molar-refractivity contribution in [1.29, 1.82) is 0 Å². The molecule has 0 unspecified atom stereocenters. The summed E-state index contributed by atoms with van der Waals surface area (Å²) in [5.74, 6) is 0.717. The maximum absolute atomic E-state index is 11.9. The van der Waals surface area contributed by atoms with Crippen molar-refractivity contribution >= 4 is 5.78 Å². The predicted octanol–water partition coefficient (Wildman–Crippen LogP) is 1.92. The van der Waals surface area contributed by atoms with Crippen molar-refractivity contribution in [2.75, 3.05) is 7.11 Å². The Balaban J connectivity index is 3.08. The van der Waals surface area contributed by atoms with Gasteiger partial charge in [0.15, 0.2) is 5.78 Å². The van der Waals surface area contributed by atoms with Crippen molar-refractivity contribution in [3.05, 3.63) is 29.3 Å². The standard InChI is InChI=1S/C12H17NO2/c1-8-7-9(5-6-10(8)15-4)11(14)12(2,3)13/h5-7H,13H2,1-4H3. The van der Waals surface area contributed by atoms with E-state index in [-0.39, 0.29) is 5.78 Å². The molecular weight excluding hydrogens is 190 g/mol. The predicted molar refractivity (Wildman–Crippen MR) is 60.3 cm³/mol. The molecule has 0 radical (unpaired) electrons. The molecule has 0 aromatic heterocycles. The Kier molecular flexibility index (Phi) is 3.15. The fourth-order valence-corrected chi connectivity index (χ4v) is 1.39. The molecule has 0 saturated heterocycles. The van der Waals surface area contributed by atoms with Gasteiger partial charge in [-0.05, 0) is 44.5 Å². The van der Waals surface area contributed by atoms with Crippen LogP contribution in [-0.4, -0.2) is 18.4 Å². The number of carbonyl (C=O) groups excluding carboxylic acids is 1. The monoisotopic (exact) mass is 207 g/mol. The molecule has 0 aliphatic heterocycles. The number of ether oxygens (including phenoxy) is 1. The van der Waals surface area contributed by atoms with E-state index in [4.69, 9.17) is 10.5 Å². The number of hydrogen-bond acceptors (Lipinski definition) is 3. The molecule has 3 nitrogen and oxygen atoms in total. The molecule has 0 fully saturated rings. The van der Waals surface area contributed by atoms with Gasteiger partial charge < -0.3 is 10.5 Å². The number of methoxy groups -OCH3 is 1. The molecular formula is C12H17NO2. The highest BCUT2D eigenvalue weighted by Crippen LogP contribution is 2.20. The van der Waals surface area contributed by atoms with Gasteiger partial charge in [0.1, 0.15) is 5.75 Å². The van der Waals surface area contributed by atoms with Crippen molar-refractivity contribution < 1.29 is 9.53 Å². The van der Waals surface area contributed by atoms with Crippen LogP contribution in [0.25, 0.3) is 0 Å². The zero-order chi connectivity index (χ0) is 11.6. The van der Waals surface area contributed by atoms with Crippen LogP contribution < -0.4 is 10.5 Å². The van der Waals surface area contributed by atoms with Crippen LogP contribution in [0.2, 0.25) is 0 Å². The van der Waals surface area contributed by atoms with Crippen LogP contribution in [0.15, 0.2) is 18.2 Å². The first-order valence-corrected chi connectivity index (χ1v) is 4.84. The normalized spacial score (nSPS) is 11.3. The maximum atomic E-state index is 11.9. The van der Waals surface area contributed by atoms with Gasteiger partial charge in [0, 0.05) is 5.56 Å². The Labute approximate surface area is 90.2 Å². The summed E-state index contributed by atoms with van der Waals surface area (Å²) in [5, 5.41) is 0. The van der Waals surface area contributed by atoms with Gasteiger partial charge in [-0.2, -0.15) is 0 Å². The first-order chi connectivity index (χ1) is 6.86. The molecule has 1 rings (SSSR count). The van der Waals surface area contributed by atoms with Gasteiger partial charge >= 0.3 is 0 Å². The zero-order valence-electron chi connectivity index (χ0n) is 9.63. The number of benzene rings is 1. The Hall–Kier alpha value is -1.35. The Morgan fingerprint density at radius 2 is 2.00 bits per heavy atom. The second-order valence-corrected chi connectivity index (χ2v) is 4.24. The number of ketones is 1. The molecule has 2 N–H and O–H groups in total. The minimum atomic E-state index is -0.832. The Bertz CT molecular complexity index is 378.